The summed E-state index contributed by atoms with van der Waals surface area (Å²) >= 11 is 0. The molecule has 5 heterocycles. The zero-order chi connectivity index (χ0) is 35.9. The lowest BCUT2D eigenvalue weighted by Gasteiger charge is -2.22. The first kappa shape index (κ1) is 35.0. The molecule has 3 aromatic heterocycles. The van der Waals surface area contributed by atoms with Gasteiger partial charge in [0.15, 0.2) is 0 Å². The summed E-state index contributed by atoms with van der Waals surface area (Å²) in [4.78, 5) is 66.4. The third kappa shape index (κ3) is 6.31. The molecule has 12 heteroatoms. The second-order valence-corrected chi connectivity index (χ2v) is 12.7. The standard InChI is InChI=1S/C37H41N5O7/c1-8-21-16(3)24-12-26-18(5)23(10-11-31(44)45)34(41-26)33(30(15-43)38-20(7)36(46)47)35-32(37(48)49)19(6)27(42-35)14-29-22(9-2)17(4)25(40-29)13-28(21)39-24/h8,12-15,18,20,23,30,38-39,42H,1,9-11H2,2-7H3,(H,44,45)(H,46,47)(H,48,49)/t18-,20-,23-,30?/m0/s1. The third-order valence-corrected chi connectivity index (χ3v) is 9.80. The van der Waals surface area contributed by atoms with Gasteiger partial charge in [0, 0.05) is 51.6 Å². The number of aldehydes is 1. The van der Waals surface area contributed by atoms with Gasteiger partial charge in [0.05, 0.1) is 34.2 Å². The van der Waals surface area contributed by atoms with E-state index in [0.717, 1.165) is 39.0 Å². The number of nitrogens with zero attached hydrogens (tertiary/aromatic N) is 2. The number of carbonyl (C=O) groups is 4. The van der Waals surface area contributed by atoms with E-state index in [1.165, 1.54) is 6.92 Å². The summed E-state index contributed by atoms with van der Waals surface area (Å²) in [6.07, 6.45) is 2.89. The number of H-pyrrole nitrogens is 2. The number of carboxylic acids is 3. The highest BCUT2D eigenvalue weighted by Crippen LogP contribution is 2.44. The molecule has 0 aliphatic carbocycles. The van der Waals surface area contributed by atoms with Gasteiger partial charge in [0.25, 0.3) is 0 Å². The van der Waals surface area contributed by atoms with E-state index in [2.05, 4.69) is 21.9 Å². The lowest BCUT2D eigenvalue weighted by molar-refractivity contribution is -0.139. The number of fused-ring (bicyclic) bond motifs is 8. The minimum Gasteiger partial charge on any atom is -0.481 e. The summed E-state index contributed by atoms with van der Waals surface area (Å²) < 4.78 is 0. The maximum Gasteiger partial charge on any atom is 0.338 e. The first-order valence-electron chi connectivity index (χ1n) is 16.2. The van der Waals surface area contributed by atoms with E-state index < -0.39 is 35.9 Å². The number of hydrogen-bond donors (Lipinski definition) is 6. The second-order valence-electron chi connectivity index (χ2n) is 12.7. The van der Waals surface area contributed by atoms with E-state index >= 15 is 0 Å². The Kier molecular flexibility index (Phi) is 9.73. The van der Waals surface area contributed by atoms with E-state index in [1.54, 1.807) is 19.1 Å². The highest BCUT2D eigenvalue weighted by molar-refractivity contribution is 6.03. The van der Waals surface area contributed by atoms with Crippen molar-refractivity contribution in [2.24, 2.45) is 0 Å². The Hall–Kier alpha value is -5.36. The van der Waals surface area contributed by atoms with Crippen molar-refractivity contribution >= 4 is 63.5 Å². The summed E-state index contributed by atoms with van der Waals surface area (Å²) in [5, 5.41) is 32.8. The molecule has 0 spiro atoms. The van der Waals surface area contributed by atoms with Crippen molar-refractivity contribution in [3.63, 3.8) is 0 Å². The topological polar surface area (TPSA) is 198 Å². The van der Waals surface area contributed by atoms with E-state index in [0.29, 0.717) is 40.9 Å². The zero-order valence-corrected chi connectivity index (χ0v) is 28.4. The lowest BCUT2D eigenvalue weighted by atomic mass is 9.84. The van der Waals surface area contributed by atoms with Crippen LogP contribution in [0.25, 0.3) is 39.3 Å². The van der Waals surface area contributed by atoms with Gasteiger partial charge in [-0.3, -0.25) is 19.9 Å². The second kappa shape index (κ2) is 13.6. The fourth-order valence-electron chi connectivity index (χ4n) is 6.99. The molecule has 6 N–H and O–H groups in total. The summed E-state index contributed by atoms with van der Waals surface area (Å²) in [6.45, 7) is 15.0. The molecular formula is C37H41N5O7. The first-order chi connectivity index (χ1) is 23.2. The molecule has 0 saturated carbocycles. The van der Waals surface area contributed by atoms with Gasteiger partial charge in [-0.15, -0.1) is 0 Å². The van der Waals surface area contributed by atoms with Gasteiger partial charge in [0.2, 0.25) is 0 Å². The average molecular weight is 668 g/mol. The summed E-state index contributed by atoms with van der Waals surface area (Å²) in [7, 11) is 0. The molecule has 2 aliphatic heterocycles. The van der Waals surface area contributed by atoms with Crippen molar-refractivity contribution in [3.05, 3.63) is 75.4 Å². The van der Waals surface area contributed by atoms with Crippen molar-refractivity contribution in [3.8, 4) is 0 Å². The van der Waals surface area contributed by atoms with Crippen molar-refractivity contribution in [1.29, 1.82) is 0 Å². The number of aliphatic carboxylic acids is 2. The lowest BCUT2D eigenvalue weighted by Crippen LogP contribution is -2.38. The Morgan fingerprint density at radius 3 is 2.27 bits per heavy atom. The van der Waals surface area contributed by atoms with Crippen LogP contribution in [-0.2, 0) is 14.4 Å². The molecule has 1 unspecified atom stereocenters. The van der Waals surface area contributed by atoms with Crippen LogP contribution in [0, 0.1) is 13.8 Å². The Balaban J connectivity index is 2.07. The number of aromatic amines is 2. The van der Waals surface area contributed by atoms with E-state index in [9.17, 15) is 34.5 Å². The Labute approximate surface area is 283 Å². The van der Waals surface area contributed by atoms with Crippen molar-refractivity contribution in [1.82, 2.24) is 25.3 Å². The van der Waals surface area contributed by atoms with Crippen LogP contribution in [-0.4, -0.2) is 65.5 Å². The van der Waals surface area contributed by atoms with Crippen LogP contribution >= 0.6 is 0 Å². The van der Waals surface area contributed by atoms with E-state index in [-0.39, 0.29) is 35.4 Å². The van der Waals surface area contributed by atoms with Gasteiger partial charge < -0.3 is 30.1 Å². The molecule has 2 aliphatic rings. The summed E-state index contributed by atoms with van der Waals surface area (Å²) in [5.74, 6) is -4.40. The van der Waals surface area contributed by atoms with Gasteiger partial charge in [-0.1, -0.05) is 26.5 Å². The van der Waals surface area contributed by atoms with Gasteiger partial charge in [-0.2, -0.15) is 0 Å². The Morgan fingerprint density at radius 1 is 1.00 bits per heavy atom. The van der Waals surface area contributed by atoms with Crippen LogP contribution in [0.15, 0.2) is 24.8 Å². The largest absolute Gasteiger partial charge is 0.481 e. The number of hydrogen-bond acceptors (Lipinski definition) is 7. The molecule has 256 valence electrons. The zero-order valence-electron chi connectivity index (χ0n) is 28.4. The number of aromatic nitrogens is 4. The molecular weight excluding hydrogens is 626 g/mol. The minimum absolute atomic E-state index is 0.0819. The van der Waals surface area contributed by atoms with Gasteiger partial charge in [-0.05, 0) is 81.0 Å². The molecule has 8 bridgehead atoms. The number of nitrogens with one attached hydrogen (secondary N) is 3. The highest BCUT2D eigenvalue weighted by Gasteiger charge is 2.36. The Bertz CT molecular complexity index is 2100. The van der Waals surface area contributed by atoms with Crippen LogP contribution in [0.3, 0.4) is 0 Å². The number of carbonyl (C=O) groups excluding carboxylic acids is 1. The molecule has 0 saturated heterocycles. The highest BCUT2D eigenvalue weighted by atomic mass is 16.4. The molecule has 4 atom stereocenters. The quantitative estimate of drug-likeness (QED) is 0.120. The van der Waals surface area contributed by atoms with Gasteiger partial charge in [0.1, 0.15) is 12.3 Å². The number of aryl methyl sites for hydroxylation is 2. The third-order valence-electron chi connectivity index (χ3n) is 9.80. The van der Waals surface area contributed by atoms with Crippen molar-refractivity contribution in [2.75, 3.05) is 0 Å². The smallest absolute Gasteiger partial charge is 0.338 e. The minimum atomic E-state index is -1.32. The molecule has 0 amide bonds. The fraction of sp³-hybridized carbons (Fsp3) is 0.351. The van der Waals surface area contributed by atoms with Gasteiger partial charge >= 0.3 is 17.9 Å². The molecule has 0 radical (unpaired) electrons. The SMILES string of the molecule is C=Cc1c(C)c2cc3nc(c(C(C=O)N[C@@H](C)C(=O)O)c4[nH]c(cc5nc(cc1[nH]2)C(C)=C5CC)c(C)c4C(=O)O)[C@@H](CCC(=O)O)[C@@H]3C. The number of allylic oxidation sites excluding steroid dienone is 2. The predicted octanol–water partition coefficient (Wildman–Crippen LogP) is 6.67. The van der Waals surface area contributed by atoms with E-state index in [1.807, 2.05) is 39.8 Å². The van der Waals surface area contributed by atoms with Crippen LogP contribution in [0.5, 0.6) is 0 Å². The van der Waals surface area contributed by atoms with Crippen molar-refractivity contribution in [2.45, 2.75) is 84.7 Å². The number of aromatic carboxylic acids is 1. The molecule has 12 nitrogen and oxygen atoms in total. The number of rotatable bonds is 11. The molecule has 5 rings (SSSR count). The summed E-state index contributed by atoms with van der Waals surface area (Å²) in [6, 6.07) is 3.12. The maximum absolute atomic E-state index is 13.0. The average Bonchev–Trinajstić information content (AvgIpc) is 3.72. The maximum atomic E-state index is 13.0. The summed E-state index contributed by atoms with van der Waals surface area (Å²) in [5.41, 5.74) is 8.52. The first-order valence-corrected chi connectivity index (χ1v) is 16.2. The van der Waals surface area contributed by atoms with Crippen LogP contribution < -0.4 is 5.32 Å². The van der Waals surface area contributed by atoms with Gasteiger partial charge in [-0.25, -0.2) is 9.78 Å². The molecule has 0 fully saturated rings. The fourth-order valence-corrected chi connectivity index (χ4v) is 6.99. The molecule has 0 aromatic carbocycles. The van der Waals surface area contributed by atoms with Crippen molar-refractivity contribution < 1.29 is 34.5 Å². The molecule has 49 heavy (non-hydrogen) atoms. The molecule has 3 aromatic rings. The van der Waals surface area contributed by atoms with Crippen LogP contribution in [0.4, 0.5) is 0 Å². The monoisotopic (exact) mass is 667 g/mol. The predicted molar refractivity (Wildman–Crippen MR) is 187 cm³/mol. The Morgan fingerprint density at radius 2 is 1.67 bits per heavy atom. The normalized spacial score (nSPS) is 17.1. The van der Waals surface area contributed by atoms with E-state index in [4.69, 9.17) is 9.97 Å². The van der Waals surface area contributed by atoms with Crippen LogP contribution in [0.1, 0.15) is 120 Å². The van der Waals surface area contributed by atoms with Crippen LogP contribution in [0.2, 0.25) is 0 Å². The number of carboxylic acid groups (broad SMARTS) is 3.